The molecule has 0 radical (unpaired) electrons. The van der Waals surface area contributed by atoms with Crippen molar-refractivity contribution >= 4 is 0 Å². The maximum Gasteiger partial charge on any atom is 0.243 e. The lowest BCUT2D eigenvalue weighted by Crippen LogP contribution is -2.46. The van der Waals surface area contributed by atoms with Crippen LogP contribution in [-0.4, -0.2) is 20.3 Å². The fourth-order valence-electron chi connectivity index (χ4n) is 6.17. The molecule has 5 heteroatoms. The van der Waals surface area contributed by atoms with Gasteiger partial charge in [-0.25, -0.2) is 18.3 Å². The van der Waals surface area contributed by atoms with E-state index in [-0.39, 0.29) is 6.10 Å². The second-order valence-corrected chi connectivity index (χ2v) is 13.1. The van der Waals surface area contributed by atoms with Crippen LogP contribution in [0.25, 0.3) is 0 Å². The predicted octanol–water partition coefficient (Wildman–Crippen LogP) is 9.33. The van der Waals surface area contributed by atoms with Gasteiger partial charge >= 0.3 is 0 Å². The van der Waals surface area contributed by atoms with Gasteiger partial charge in [-0.2, -0.15) is 0 Å². The molecule has 0 aliphatic rings. The summed E-state index contributed by atoms with van der Waals surface area (Å²) in [5.74, 6) is 0. The highest BCUT2D eigenvalue weighted by atomic mass is 16.3. The lowest BCUT2D eigenvalue weighted by molar-refractivity contribution is -0.737. The lowest BCUT2D eigenvalue weighted by Gasteiger charge is -2.05. The van der Waals surface area contributed by atoms with Crippen molar-refractivity contribution in [2.45, 2.75) is 200 Å². The maximum atomic E-state index is 10.7. The van der Waals surface area contributed by atoms with Gasteiger partial charge in [0.25, 0.3) is 0 Å². The monoisotopic (exact) mass is 587 g/mol. The summed E-state index contributed by atoms with van der Waals surface area (Å²) in [6.07, 6.45) is 45.8. The van der Waals surface area contributed by atoms with Gasteiger partial charge in [0.2, 0.25) is 12.7 Å². The van der Waals surface area contributed by atoms with E-state index in [0.717, 1.165) is 13.1 Å². The SMILES string of the molecule is CCCCCCCCCCCCCCn1cc[n+](CC(O)C[n+]2ccn(CCCCCCCCCCCCCC)c2)c1. The van der Waals surface area contributed by atoms with Crippen molar-refractivity contribution in [3.63, 3.8) is 0 Å². The Hall–Kier alpha value is -1.62. The molecule has 0 aliphatic heterocycles. The van der Waals surface area contributed by atoms with Crippen molar-refractivity contribution in [3.8, 4) is 0 Å². The molecule has 0 atom stereocenters. The fraction of sp³-hybridized carbons (Fsp3) is 0.838. The molecule has 0 bridgehead atoms. The quantitative estimate of drug-likeness (QED) is 0.0719. The van der Waals surface area contributed by atoms with Gasteiger partial charge in [0.1, 0.15) is 44.0 Å². The summed E-state index contributed by atoms with van der Waals surface area (Å²) >= 11 is 0. The molecule has 2 rings (SSSR count). The first-order valence-corrected chi connectivity index (χ1v) is 18.5. The van der Waals surface area contributed by atoms with Crippen LogP contribution in [0.1, 0.15) is 168 Å². The maximum absolute atomic E-state index is 10.7. The third-order valence-electron chi connectivity index (χ3n) is 8.88. The number of hydrogen-bond acceptors (Lipinski definition) is 1. The third kappa shape index (κ3) is 19.5. The first-order valence-electron chi connectivity index (χ1n) is 18.5. The number of imidazole rings is 2. The minimum absolute atomic E-state index is 0.384. The number of rotatable bonds is 30. The van der Waals surface area contributed by atoms with Crippen molar-refractivity contribution in [2.75, 3.05) is 0 Å². The largest absolute Gasteiger partial charge is 0.385 e. The van der Waals surface area contributed by atoms with Gasteiger partial charge in [0.15, 0.2) is 0 Å². The summed E-state index contributed by atoms with van der Waals surface area (Å²) in [7, 11) is 0. The molecule has 0 fully saturated rings. The molecule has 0 spiro atoms. The van der Waals surface area contributed by atoms with E-state index in [2.05, 4.69) is 69.6 Å². The topological polar surface area (TPSA) is 37.9 Å². The Morgan fingerprint density at radius 1 is 0.452 bits per heavy atom. The van der Waals surface area contributed by atoms with Crippen LogP contribution < -0.4 is 9.13 Å². The van der Waals surface area contributed by atoms with Crippen molar-refractivity contribution in [1.29, 1.82) is 0 Å². The van der Waals surface area contributed by atoms with Crippen LogP contribution in [0.5, 0.6) is 0 Å². The molecule has 0 saturated heterocycles. The second kappa shape index (κ2) is 25.8. The second-order valence-electron chi connectivity index (χ2n) is 13.1. The molecule has 1 N–H and O–H groups in total. The molecular weight excluding hydrogens is 516 g/mol. The normalized spacial score (nSPS) is 11.7. The number of aliphatic hydroxyl groups excluding tert-OH is 1. The van der Waals surface area contributed by atoms with E-state index in [9.17, 15) is 5.11 Å². The average molecular weight is 587 g/mol. The molecule has 0 amide bonds. The van der Waals surface area contributed by atoms with E-state index in [1.807, 2.05) is 0 Å². The zero-order chi connectivity index (χ0) is 29.9. The van der Waals surface area contributed by atoms with Crippen molar-refractivity contribution in [2.24, 2.45) is 0 Å². The van der Waals surface area contributed by atoms with Crippen LogP contribution in [0.2, 0.25) is 0 Å². The molecule has 2 heterocycles. The number of aryl methyl sites for hydroxylation is 2. The van der Waals surface area contributed by atoms with E-state index in [0.29, 0.717) is 13.1 Å². The molecule has 0 aliphatic carbocycles. The number of nitrogens with zero attached hydrogens (tertiary/aromatic N) is 4. The minimum Gasteiger partial charge on any atom is -0.385 e. The van der Waals surface area contributed by atoms with Gasteiger partial charge in [0, 0.05) is 0 Å². The van der Waals surface area contributed by atoms with Gasteiger partial charge in [-0.05, 0) is 25.7 Å². The summed E-state index contributed by atoms with van der Waals surface area (Å²) in [5, 5.41) is 10.7. The van der Waals surface area contributed by atoms with Crippen LogP contribution in [0.15, 0.2) is 37.4 Å². The summed E-state index contributed by atoms with van der Waals surface area (Å²) in [5.41, 5.74) is 0. The van der Waals surface area contributed by atoms with Crippen LogP contribution >= 0.6 is 0 Å². The Kier molecular flexibility index (Phi) is 22.5. The molecule has 5 nitrogen and oxygen atoms in total. The van der Waals surface area contributed by atoms with Crippen molar-refractivity contribution in [1.82, 2.24) is 9.13 Å². The molecule has 0 unspecified atom stereocenters. The van der Waals surface area contributed by atoms with Gasteiger partial charge < -0.3 is 5.11 Å². The highest BCUT2D eigenvalue weighted by Gasteiger charge is 2.15. The van der Waals surface area contributed by atoms with E-state index in [4.69, 9.17) is 0 Å². The predicted molar refractivity (Wildman–Crippen MR) is 177 cm³/mol. The Balaban J connectivity index is 1.44. The van der Waals surface area contributed by atoms with Crippen LogP contribution in [0.3, 0.4) is 0 Å². The highest BCUT2D eigenvalue weighted by Crippen LogP contribution is 2.13. The Morgan fingerprint density at radius 3 is 1.05 bits per heavy atom. The standard InChI is InChI=1S/C37H70N4O/c1-3-5-7-9-11-13-15-17-19-21-23-25-27-38-29-31-40(35-38)33-37(42)34-41-32-30-39(36-41)28-26-24-22-20-18-16-14-12-10-8-6-4-2/h29-32,35-37,42H,3-28,33-34H2,1-2H3/q+2. The van der Waals surface area contributed by atoms with E-state index >= 15 is 0 Å². The van der Waals surface area contributed by atoms with Crippen molar-refractivity contribution in [3.05, 3.63) is 37.4 Å². The van der Waals surface area contributed by atoms with E-state index in [1.54, 1.807) is 0 Å². The first kappa shape index (κ1) is 36.6. The Bertz CT molecular complexity index is 776. The summed E-state index contributed by atoms with van der Waals surface area (Å²) in [6.45, 7) is 8.02. The Morgan fingerprint density at radius 2 is 0.738 bits per heavy atom. The summed E-state index contributed by atoms with van der Waals surface area (Å²) in [6, 6.07) is 0. The van der Waals surface area contributed by atoms with Crippen LogP contribution in [-0.2, 0) is 26.2 Å². The lowest BCUT2D eigenvalue weighted by atomic mass is 10.1. The zero-order valence-electron chi connectivity index (χ0n) is 28.1. The first-order chi connectivity index (χ1) is 20.7. The number of aliphatic hydroxyl groups is 1. The van der Waals surface area contributed by atoms with Gasteiger partial charge in [-0.15, -0.1) is 0 Å². The third-order valence-corrected chi connectivity index (χ3v) is 8.88. The van der Waals surface area contributed by atoms with Crippen LogP contribution in [0, 0.1) is 0 Å². The average Bonchev–Trinajstić information content (AvgIpc) is 3.63. The molecule has 2 aromatic heterocycles. The molecule has 0 saturated carbocycles. The van der Waals surface area contributed by atoms with Gasteiger partial charge in [-0.3, -0.25) is 0 Å². The number of hydrogen-bond donors (Lipinski definition) is 1. The number of aromatic nitrogens is 4. The molecule has 2 aromatic rings. The molecule has 242 valence electrons. The summed E-state index contributed by atoms with van der Waals surface area (Å²) < 4.78 is 8.83. The zero-order valence-corrected chi connectivity index (χ0v) is 28.1. The van der Waals surface area contributed by atoms with Crippen molar-refractivity contribution < 1.29 is 14.2 Å². The fourth-order valence-corrected chi connectivity index (χ4v) is 6.17. The molecular formula is C37H70N4O+2. The Labute approximate surface area is 260 Å². The summed E-state index contributed by atoms with van der Waals surface area (Å²) in [4.78, 5) is 0. The molecule has 42 heavy (non-hydrogen) atoms. The molecule has 0 aromatic carbocycles. The van der Waals surface area contributed by atoms with E-state index in [1.165, 1.54) is 154 Å². The highest BCUT2D eigenvalue weighted by molar-refractivity contribution is 4.68. The van der Waals surface area contributed by atoms with Crippen LogP contribution in [0.4, 0.5) is 0 Å². The smallest absolute Gasteiger partial charge is 0.243 e. The van der Waals surface area contributed by atoms with Gasteiger partial charge in [-0.1, -0.05) is 142 Å². The minimum atomic E-state index is -0.384. The van der Waals surface area contributed by atoms with Gasteiger partial charge in [0.05, 0.1) is 13.1 Å². The number of unbranched alkanes of at least 4 members (excludes halogenated alkanes) is 22. The van der Waals surface area contributed by atoms with E-state index < -0.39 is 0 Å².